The van der Waals surface area contributed by atoms with Crippen LogP contribution in [0.1, 0.15) is 30.1 Å². The zero-order chi connectivity index (χ0) is 37.5. The Morgan fingerprint density at radius 1 is 0.667 bits per heavy atom. The summed E-state index contributed by atoms with van der Waals surface area (Å²) in [5.41, 5.74) is 12.6. The minimum Gasteiger partial charge on any atom is -0.457 e. The lowest BCUT2D eigenvalue weighted by Gasteiger charge is -2.44. The van der Waals surface area contributed by atoms with Gasteiger partial charge in [0.25, 0.3) is 0 Å². The minimum atomic E-state index is -5.36. The van der Waals surface area contributed by atoms with Crippen molar-refractivity contribution in [3.63, 3.8) is 0 Å². The zero-order valence-electron chi connectivity index (χ0n) is 27.2. The molecule has 16 nitrogen and oxygen atoms in total. The van der Waals surface area contributed by atoms with Crippen LogP contribution in [0.3, 0.4) is 0 Å². The van der Waals surface area contributed by atoms with E-state index in [1.807, 2.05) is 0 Å². The van der Waals surface area contributed by atoms with E-state index in [1.165, 1.54) is 11.8 Å². The number of carbonyl (C=O) groups excluding carboxylic acids is 7. The number of imide groups is 2. The van der Waals surface area contributed by atoms with E-state index in [0.29, 0.717) is 20.9 Å². The van der Waals surface area contributed by atoms with Crippen LogP contribution in [0.2, 0.25) is 0 Å². The Morgan fingerprint density at radius 2 is 1.04 bits per heavy atom. The molecule has 4 atom stereocenters. The molecule has 2 aliphatic rings. The topological polar surface area (TPSA) is 212 Å². The molecule has 19 heteroatoms. The van der Waals surface area contributed by atoms with E-state index >= 15 is 0 Å². The first-order valence-electron chi connectivity index (χ1n) is 15.4. The van der Waals surface area contributed by atoms with Crippen LogP contribution in [0.25, 0.3) is 0 Å². The number of alkyl halides is 3. The molecule has 51 heavy (non-hydrogen) atoms. The van der Waals surface area contributed by atoms with Gasteiger partial charge < -0.3 is 25.7 Å². The molecule has 2 aromatic rings. The smallest absolute Gasteiger partial charge is 0.457 e. The number of hydrogen-bond acceptors (Lipinski definition) is 14. The third kappa shape index (κ3) is 9.72. The number of carbonyl (C=O) groups is 7. The fraction of sp³-hybridized carbons (Fsp3) is 0.406. The number of halogens is 3. The summed E-state index contributed by atoms with van der Waals surface area (Å²) in [6.45, 7) is -3.35. The number of rotatable bonds is 13. The average molecular weight is 721 g/mol. The molecule has 274 valence electrons. The predicted octanol–water partition coefficient (Wildman–Crippen LogP) is -0.408. The number of amides is 4. The van der Waals surface area contributed by atoms with Crippen molar-refractivity contribution in [2.45, 2.75) is 37.3 Å². The highest BCUT2D eigenvalue weighted by Gasteiger charge is 2.45. The van der Waals surface area contributed by atoms with Gasteiger partial charge in [0, 0.05) is 6.04 Å². The van der Waals surface area contributed by atoms with E-state index in [1.54, 1.807) is 60.7 Å². The monoisotopic (exact) mass is 720 g/mol. The first-order chi connectivity index (χ1) is 24.1. The van der Waals surface area contributed by atoms with E-state index in [-0.39, 0.29) is 0 Å². The van der Waals surface area contributed by atoms with Gasteiger partial charge in [-0.25, -0.2) is 24.2 Å². The van der Waals surface area contributed by atoms with Crippen molar-refractivity contribution in [3.8, 4) is 0 Å². The van der Waals surface area contributed by atoms with Gasteiger partial charge in [-0.05, 0) is 18.1 Å². The summed E-state index contributed by atoms with van der Waals surface area (Å²) in [4.78, 5) is 92.3. The Labute approximate surface area is 288 Å². The number of esters is 3. The van der Waals surface area contributed by atoms with Crippen LogP contribution >= 0.6 is 0 Å². The number of ether oxygens (including phenoxy) is 3. The van der Waals surface area contributed by atoms with Crippen LogP contribution in [-0.4, -0.2) is 126 Å². The van der Waals surface area contributed by atoms with Crippen molar-refractivity contribution in [1.82, 2.24) is 19.6 Å². The van der Waals surface area contributed by atoms with Crippen molar-refractivity contribution >= 4 is 41.5 Å². The second-order valence-corrected chi connectivity index (χ2v) is 11.6. The lowest BCUT2D eigenvalue weighted by Crippen LogP contribution is -2.65. The molecule has 4 rings (SSSR count). The summed E-state index contributed by atoms with van der Waals surface area (Å²) < 4.78 is 53.7. The van der Waals surface area contributed by atoms with Gasteiger partial charge in [-0.2, -0.15) is 13.2 Å². The number of nitrogens with two attached hydrogens (primary N) is 2. The third-order valence-corrected chi connectivity index (χ3v) is 8.27. The summed E-state index contributed by atoms with van der Waals surface area (Å²) in [5, 5.41) is 0. The molecule has 2 aliphatic heterocycles. The van der Waals surface area contributed by atoms with Crippen molar-refractivity contribution in [3.05, 3.63) is 71.8 Å². The Kier molecular flexibility index (Phi) is 12.6. The summed E-state index contributed by atoms with van der Waals surface area (Å²) >= 11 is 0. The quantitative estimate of drug-likeness (QED) is 0.153. The molecule has 0 saturated carbocycles. The first kappa shape index (κ1) is 38.6. The molecule has 0 aliphatic carbocycles. The molecular formula is C32H35F3N6O10. The van der Waals surface area contributed by atoms with Crippen LogP contribution in [0, 0.1) is 0 Å². The van der Waals surface area contributed by atoms with E-state index in [4.69, 9.17) is 20.9 Å². The van der Waals surface area contributed by atoms with Gasteiger partial charge in [-0.15, -0.1) is 0 Å². The largest absolute Gasteiger partial charge is 0.490 e. The fourth-order valence-electron chi connectivity index (χ4n) is 5.30. The zero-order valence-corrected chi connectivity index (χ0v) is 27.2. The van der Waals surface area contributed by atoms with E-state index in [9.17, 15) is 46.7 Å². The van der Waals surface area contributed by atoms with Crippen LogP contribution in [0.4, 0.5) is 13.2 Å². The standard InChI is InChI=1S/C32H35F3N6O10/c1-19(38-12-23(42)40(24(43)13-38)17-50-29(46)27(36)20-8-4-2-5-9-20)22(16-49-31(48)32(33,34)35)39-14-25(44)41(26(45)15-39)18-51-30(47)28(37)21-10-6-3-7-11-21/h2-11,19,22,27-28H,12-18,36-37H2,1H3. The van der Waals surface area contributed by atoms with Crippen molar-refractivity contribution < 1.29 is 60.9 Å². The molecule has 4 amide bonds. The number of nitrogens with zero attached hydrogens (tertiary/aromatic N) is 4. The molecule has 4 N–H and O–H groups in total. The summed E-state index contributed by atoms with van der Waals surface area (Å²) in [7, 11) is 0. The molecule has 2 fully saturated rings. The molecule has 4 unspecified atom stereocenters. The second kappa shape index (κ2) is 16.6. The van der Waals surface area contributed by atoms with Gasteiger partial charge in [-0.3, -0.25) is 29.0 Å². The van der Waals surface area contributed by atoms with Gasteiger partial charge in [0.05, 0.1) is 32.2 Å². The van der Waals surface area contributed by atoms with E-state index in [2.05, 4.69) is 4.74 Å². The predicted molar refractivity (Wildman–Crippen MR) is 166 cm³/mol. The van der Waals surface area contributed by atoms with Crippen LogP contribution < -0.4 is 11.5 Å². The average Bonchev–Trinajstić information content (AvgIpc) is 3.10. The molecule has 0 radical (unpaired) electrons. The number of hydrogen-bond donors (Lipinski definition) is 2. The van der Waals surface area contributed by atoms with Crippen molar-refractivity contribution in [2.24, 2.45) is 11.5 Å². The normalized spacial score (nSPS) is 18.5. The highest BCUT2D eigenvalue weighted by molar-refractivity contribution is 6.00. The SMILES string of the molecule is CC(C(COC(=O)C(F)(F)F)N1CC(=O)N(COC(=O)C(N)c2ccccc2)C(=O)C1)N1CC(=O)N(COC(=O)C(N)c2ccccc2)C(=O)C1. The van der Waals surface area contributed by atoms with Gasteiger partial charge in [0.1, 0.15) is 18.7 Å². The summed E-state index contributed by atoms with van der Waals surface area (Å²) in [6, 6.07) is 11.5. The van der Waals surface area contributed by atoms with E-state index in [0.717, 1.165) is 4.90 Å². The molecule has 2 heterocycles. The highest BCUT2D eigenvalue weighted by Crippen LogP contribution is 2.22. The molecule has 0 spiro atoms. The number of piperazine rings is 2. The van der Waals surface area contributed by atoms with Crippen LogP contribution in [-0.2, 0) is 47.8 Å². The molecule has 2 aromatic carbocycles. The van der Waals surface area contributed by atoms with Gasteiger partial charge in [0.2, 0.25) is 23.6 Å². The third-order valence-electron chi connectivity index (χ3n) is 8.27. The Morgan fingerprint density at radius 3 is 1.41 bits per heavy atom. The lowest BCUT2D eigenvalue weighted by molar-refractivity contribution is -0.202. The van der Waals surface area contributed by atoms with E-state index < -0.39 is 118 Å². The van der Waals surface area contributed by atoms with Crippen molar-refractivity contribution in [1.29, 1.82) is 0 Å². The molecule has 0 aromatic heterocycles. The number of benzene rings is 2. The highest BCUT2D eigenvalue weighted by atomic mass is 19.4. The van der Waals surface area contributed by atoms with Gasteiger partial charge >= 0.3 is 24.1 Å². The maximum atomic E-state index is 13.1. The maximum absolute atomic E-state index is 13.1. The summed E-state index contributed by atoms with van der Waals surface area (Å²) in [6.07, 6.45) is -5.36. The Bertz CT molecular complexity index is 1590. The molecular weight excluding hydrogens is 685 g/mol. The minimum absolute atomic E-state index is 0.418. The Hall–Kier alpha value is -5.24. The lowest BCUT2D eigenvalue weighted by atomic mass is 10.0. The first-order valence-corrected chi connectivity index (χ1v) is 15.4. The maximum Gasteiger partial charge on any atom is 0.490 e. The second-order valence-electron chi connectivity index (χ2n) is 11.6. The van der Waals surface area contributed by atoms with Gasteiger partial charge in [0.15, 0.2) is 13.5 Å². The fourth-order valence-corrected chi connectivity index (χ4v) is 5.30. The van der Waals surface area contributed by atoms with Gasteiger partial charge in [-0.1, -0.05) is 60.7 Å². The van der Waals surface area contributed by atoms with Crippen LogP contribution in [0.15, 0.2) is 60.7 Å². The Balaban J connectivity index is 1.41. The van der Waals surface area contributed by atoms with Crippen molar-refractivity contribution in [2.75, 3.05) is 46.2 Å². The van der Waals surface area contributed by atoms with Crippen LogP contribution in [0.5, 0.6) is 0 Å². The molecule has 2 saturated heterocycles. The summed E-state index contributed by atoms with van der Waals surface area (Å²) in [5.74, 6) is -7.86. The molecule has 0 bridgehead atoms.